The van der Waals surface area contributed by atoms with E-state index in [2.05, 4.69) is 13.8 Å². The van der Waals surface area contributed by atoms with Crippen LogP contribution in [0.25, 0.3) is 0 Å². The second kappa shape index (κ2) is 6.77. The Kier molecular flexibility index (Phi) is 5.05. The van der Waals surface area contributed by atoms with Gasteiger partial charge in [0, 0.05) is 18.8 Å². The molecule has 4 unspecified atom stereocenters. The number of benzene rings is 1. The molecule has 4 atom stereocenters. The molecule has 1 aromatic carbocycles. The lowest BCUT2D eigenvalue weighted by atomic mass is 9.76. The van der Waals surface area contributed by atoms with Crippen molar-refractivity contribution >= 4 is 10.1 Å². The fourth-order valence-electron chi connectivity index (χ4n) is 4.76. The van der Waals surface area contributed by atoms with Gasteiger partial charge in [0.05, 0.1) is 4.90 Å². The van der Waals surface area contributed by atoms with Crippen LogP contribution in [0.3, 0.4) is 0 Å². The van der Waals surface area contributed by atoms with Crippen molar-refractivity contribution in [3.05, 3.63) is 29.8 Å². The summed E-state index contributed by atoms with van der Waals surface area (Å²) < 4.78 is 32.2. The maximum Gasteiger partial charge on any atom is 0.342 e. The Morgan fingerprint density at radius 2 is 1.75 bits per heavy atom. The lowest BCUT2D eigenvalue weighted by Crippen LogP contribution is -2.66. The summed E-state index contributed by atoms with van der Waals surface area (Å²) in [7, 11) is -3.76. The zero-order valence-electron chi connectivity index (χ0n) is 15.1. The SMILES string of the molecule is CC[N+]1(OS(=O)(=O)c2ccc(C)cc2)C(C)CCC2CCCCC21. The number of fused-ring (bicyclic) bond motifs is 1. The summed E-state index contributed by atoms with van der Waals surface area (Å²) in [5.74, 6) is 0.600. The molecule has 0 amide bonds. The first kappa shape index (κ1) is 17.9. The maximum absolute atomic E-state index is 13.0. The highest BCUT2D eigenvalue weighted by molar-refractivity contribution is 7.86. The van der Waals surface area contributed by atoms with Crippen molar-refractivity contribution in [3.8, 4) is 0 Å². The van der Waals surface area contributed by atoms with Crippen molar-refractivity contribution in [3.63, 3.8) is 0 Å². The zero-order chi connectivity index (χ0) is 17.4. The molecule has 1 saturated heterocycles. The molecule has 24 heavy (non-hydrogen) atoms. The number of rotatable bonds is 4. The van der Waals surface area contributed by atoms with Crippen molar-refractivity contribution in [2.75, 3.05) is 6.54 Å². The summed E-state index contributed by atoms with van der Waals surface area (Å²) in [6.45, 7) is 6.88. The van der Waals surface area contributed by atoms with Gasteiger partial charge in [-0.15, -0.1) is 0 Å². The lowest BCUT2D eigenvalue weighted by molar-refractivity contribution is -1.12. The Balaban J connectivity index is 1.95. The molecule has 0 aromatic heterocycles. The van der Waals surface area contributed by atoms with Gasteiger partial charge >= 0.3 is 10.1 Å². The first-order valence-corrected chi connectivity index (χ1v) is 10.7. The molecule has 1 heterocycles. The van der Waals surface area contributed by atoms with Crippen LogP contribution in [-0.2, 0) is 14.4 Å². The standard InChI is InChI=1S/C19H30NO3S/c1-4-20(16(3)11-12-17-7-5-6-8-19(17)20)23-24(21,22)18-13-9-15(2)10-14-18/h9-10,13-14,16-17,19H,4-8,11-12H2,1-3H3/q+1. The van der Waals surface area contributed by atoms with Crippen molar-refractivity contribution in [2.45, 2.75) is 76.3 Å². The van der Waals surface area contributed by atoms with Gasteiger partial charge in [0.2, 0.25) is 0 Å². The molecular weight excluding hydrogens is 322 g/mol. The van der Waals surface area contributed by atoms with Crippen LogP contribution >= 0.6 is 0 Å². The topological polar surface area (TPSA) is 43.4 Å². The van der Waals surface area contributed by atoms with Gasteiger partial charge in [-0.2, -0.15) is 13.1 Å². The molecule has 2 fully saturated rings. The van der Waals surface area contributed by atoms with Gasteiger partial charge in [-0.3, -0.25) is 0 Å². The normalized spacial score (nSPS) is 33.9. The number of hydroxylamine groups is 3. The highest BCUT2D eigenvalue weighted by Gasteiger charge is 2.53. The molecule has 4 nitrogen and oxygen atoms in total. The highest BCUT2D eigenvalue weighted by atomic mass is 32.2. The molecule has 1 saturated carbocycles. The number of likely N-dealkylation sites (tertiary alicyclic amines) is 1. The fraction of sp³-hybridized carbons (Fsp3) is 0.684. The molecule has 3 rings (SSSR count). The summed E-state index contributed by atoms with van der Waals surface area (Å²) in [6.07, 6.45) is 6.99. The largest absolute Gasteiger partial charge is 0.342 e. The second-order valence-corrected chi connectivity index (χ2v) is 9.08. The third kappa shape index (κ3) is 3.14. The molecule has 5 heteroatoms. The van der Waals surface area contributed by atoms with Crippen LogP contribution in [0.4, 0.5) is 0 Å². The van der Waals surface area contributed by atoms with E-state index in [4.69, 9.17) is 4.28 Å². The Bertz CT molecular complexity index is 670. The Morgan fingerprint density at radius 3 is 2.42 bits per heavy atom. The molecular formula is C19H30NO3S+. The van der Waals surface area contributed by atoms with E-state index in [0.717, 1.165) is 18.4 Å². The molecule has 0 radical (unpaired) electrons. The number of hydrogen-bond acceptors (Lipinski definition) is 3. The summed E-state index contributed by atoms with van der Waals surface area (Å²) in [4.78, 5) is 0.268. The zero-order valence-corrected chi connectivity index (χ0v) is 15.9. The number of aryl methyl sites for hydroxylation is 1. The highest BCUT2D eigenvalue weighted by Crippen LogP contribution is 2.44. The van der Waals surface area contributed by atoms with Gasteiger partial charge in [0.25, 0.3) is 0 Å². The number of nitrogens with zero attached hydrogens (tertiary/aromatic N) is 1. The number of quaternary nitrogens is 1. The van der Waals surface area contributed by atoms with E-state index in [9.17, 15) is 8.42 Å². The predicted octanol–water partition coefficient (Wildman–Crippen LogP) is 4.19. The number of piperidine rings is 1. The Labute approximate surface area is 146 Å². The molecule has 1 aliphatic heterocycles. The van der Waals surface area contributed by atoms with Gasteiger partial charge in [-0.05, 0) is 52.2 Å². The average Bonchev–Trinajstić information content (AvgIpc) is 2.58. The summed E-state index contributed by atoms with van der Waals surface area (Å²) in [5, 5.41) is 0. The van der Waals surface area contributed by atoms with Crippen LogP contribution in [-0.4, -0.2) is 31.7 Å². The van der Waals surface area contributed by atoms with Crippen LogP contribution in [0.15, 0.2) is 29.2 Å². The van der Waals surface area contributed by atoms with E-state index in [-0.39, 0.29) is 15.6 Å². The summed E-state index contributed by atoms with van der Waals surface area (Å²) in [5.41, 5.74) is 1.05. The summed E-state index contributed by atoms with van der Waals surface area (Å²) >= 11 is 0. The van der Waals surface area contributed by atoms with E-state index < -0.39 is 10.1 Å². The minimum Gasteiger partial charge on any atom is -0.189 e. The fourth-order valence-corrected chi connectivity index (χ4v) is 6.04. The third-order valence-electron chi connectivity index (χ3n) is 6.17. The van der Waals surface area contributed by atoms with Gasteiger partial charge in [-0.1, -0.05) is 28.4 Å². The first-order valence-electron chi connectivity index (χ1n) is 9.29. The van der Waals surface area contributed by atoms with E-state index in [1.54, 1.807) is 12.1 Å². The minimum atomic E-state index is -3.76. The van der Waals surface area contributed by atoms with Crippen molar-refractivity contribution in [2.24, 2.45) is 5.92 Å². The van der Waals surface area contributed by atoms with Crippen LogP contribution in [0, 0.1) is 12.8 Å². The minimum absolute atomic E-state index is 0.217. The van der Waals surface area contributed by atoms with Gasteiger partial charge in [0.15, 0.2) is 0 Å². The van der Waals surface area contributed by atoms with Crippen LogP contribution < -0.4 is 0 Å². The second-order valence-electron chi connectivity index (χ2n) is 7.55. The van der Waals surface area contributed by atoms with Crippen molar-refractivity contribution in [1.29, 1.82) is 0 Å². The molecule has 1 aromatic rings. The smallest absolute Gasteiger partial charge is 0.189 e. The summed E-state index contributed by atoms with van der Waals surface area (Å²) in [6, 6.07) is 7.50. The average molecular weight is 353 g/mol. The molecule has 0 spiro atoms. The van der Waals surface area contributed by atoms with Crippen molar-refractivity contribution < 1.29 is 17.3 Å². The monoisotopic (exact) mass is 352 g/mol. The number of hydrogen-bond donors (Lipinski definition) is 0. The van der Waals surface area contributed by atoms with E-state index in [1.165, 1.54) is 25.7 Å². The predicted molar refractivity (Wildman–Crippen MR) is 94.7 cm³/mol. The molecule has 0 bridgehead atoms. The molecule has 2 aliphatic rings. The van der Waals surface area contributed by atoms with Gasteiger partial charge in [-0.25, -0.2) is 0 Å². The first-order chi connectivity index (χ1) is 11.4. The lowest BCUT2D eigenvalue weighted by Gasteiger charge is -2.51. The quantitative estimate of drug-likeness (QED) is 0.763. The van der Waals surface area contributed by atoms with Crippen LogP contribution in [0.1, 0.15) is 57.9 Å². The van der Waals surface area contributed by atoms with E-state index in [1.807, 2.05) is 19.1 Å². The maximum atomic E-state index is 13.0. The van der Waals surface area contributed by atoms with E-state index in [0.29, 0.717) is 18.5 Å². The van der Waals surface area contributed by atoms with Crippen LogP contribution in [0.5, 0.6) is 0 Å². The Morgan fingerprint density at radius 1 is 1.08 bits per heavy atom. The molecule has 134 valence electrons. The Hall–Kier alpha value is -0.910. The third-order valence-corrected chi connectivity index (χ3v) is 7.50. The molecule has 0 N–H and O–H groups in total. The van der Waals surface area contributed by atoms with Crippen LogP contribution in [0.2, 0.25) is 0 Å². The molecule has 1 aliphatic carbocycles. The van der Waals surface area contributed by atoms with Gasteiger partial charge < -0.3 is 0 Å². The van der Waals surface area contributed by atoms with Crippen molar-refractivity contribution in [1.82, 2.24) is 0 Å². The van der Waals surface area contributed by atoms with Gasteiger partial charge in [0.1, 0.15) is 18.6 Å². The van der Waals surface area contributed by atoms with E-state index >= 15 is 0 Å².